The minimum atomic E-state index is 0.619. The van der Waals surface area contributed by atoms with E-state index in [1.165, 1.54) is 22.8 Å². The molecule has 0 radical (unpaired) electrons. The predicted octanol–water partition coefficient (Wildman–Crippen LogP) is 4.14. The van der Waals surface area contributed by atoms with Gasteiger partial charge in [-0.25, -0.2) is 0 Å². The molecule has 98 valence electrons. The zero-order valence-corrected chi connectivity index (χ0v) is 16.1. The molecule has 0 spiro atoms. The Labute approximate surface area is 127 Å². The summed E-state index contributed by atoms with van der Waals surface area (Å²) in [4.78, 5) is 0. The molecule has 0 aliphatic carbocycles. The molecule has 0 aromatic heterocycles. The van der Waals surface area contributed by atoms with Crippen LogP contribution in [0.25, 0.3) is 0 Å². The predicted molar refractivity (Wildman–Crippen MR) is 74.9 cm³/mol. The first-order valence-electron chi connectivity index (χ1n) is 6.20. The minimum absolute atomic E-state index is 0.619. The summed E-state index contributed by atoms with van der Waals surface area (Å²) in [5, 5.41) is 0. The van der Waals surface area contributed by atoms with Gasteiger partial charge in [0.05, 0.1) is 6.61 Å². The van der Waals surface area contributed by atoms with Gasteiger partial charge in [0.2, 0.25) is 0 Å². The summed E-state index contributed by atoms with van der Waals surface area (Å²) in [6.45, 7) is 8.32. The van der Waals surface area contributed by atoms with Gasteiger partial charge in [0.15, 0.2) is 0 Å². The normalized spacial score (nSPS) is 9.67. The van der Waals surface area contributed by atoms with Crippen LogP contribution in [0.1, 0.15) is 30.9 Å². The summed E-state index contributed by atoms with van der Waals surface area (Å²) in [6, 6.07) is 7.12. The Morgan fingerprint density at radius 3 is 2.61 bits per heavy atom. The third-order valence-corrected chi connectivity index (χ3v) is 2.38. The number of hydrogen-bond donors (Lipinski definition) is 0. The van der Waals surface area contributed by atoms with E-state index in [1.54, 1.807) is 0 Å². The molecule has 0 saturated carbocycles. The van der Waals surface area contributed by atoms with Crippen molar-refractivity contribution >= 4 is 13.6 Å². The molecule has 4 heteroatoms. The van der Waals surface area contributed by atoms with E-state index < -0.39 is 0 Å². The number of hydrogen-bond acceptors (Lipinski definition) is 2. The molecule has 0 fully saturated rings. The van der Waals surface area contributed by atoms with E-state index in [9.17, 15) is 0 Å². The van der Waals surface area contributed by atoms with Crippen molar-refractivity contribution < 1.29 is 25.8 Å². The second-order valence-corrected chi connectivity index (χ2v) is 3.98. The summed E-state index contributed by atoms with van der Waals surface area (Å²) in [6.07, 6.45) is 2.30. The second kappa shape index (κ2) is 12.1. The van der Waals surface area contributed by atoms with Crippen LogP contribution >= 0.6 is 13.6 Å². The standard InChI is InChI=1S/C14H21O2.BrH.Zn/c1-4-5-8-15-9-10-16-14-11-12(2)6-7-13(14)3;;/h7,11H,4-5,8-10H2,1-3H3;1H;/q-1;;+2/p-1. The number of halogens is 1. The Balaban J connectivity index is 0.00000137. The molecule has 1 aromatic carbocycles. The monoisotopic (exact) mass is 364 g/mol. The van der Waals surface area contributed by atoms with Gasteiger partial charge < -0.3 is 9.47 Å². The van der Waals surface area contributed by atoms with Gasteiger partial charge in [-0.3, -0.25) is 0 Å². The van der Waals surface area contributed by atoms with E-state index >= 15 is 0 Å². The van der Waals surface area contributed by atoms with Gasteiger partial charge in [0.1, 0.15) is 6.61 Å². The fraction of sp³-hybridized carbons (Fsp3) is 0.571. The fourth-order valence-corrected chi connectivity index (χ4v) is 1.36. The van der Waals surface area contributed by atoms with Crippen molar-refractivity contribution in [3.63, 3.8) is 0 Å². The van der Waals surface area contributed by atoms with Gasteiger partial charge in [-0.05, 0) is 6.42 Å². The summed E-state index contributed by atoms with van der Waals surface area (Å²) in [7, 11) is 0. The molecule has 0 saturated heterocycles. The van der Waals surface area contributed by atoms with Crippen molar-refractivity contribution in [1.82, 2.24) is 0 Å². The van der Waals surface area contributed by atoms with Crippen LogP contribution < -0.4 is 4.74 Å². The molecule has 0 unspecified atom stereocenters. The molecular formula is C14H21BrO2Zn. The number of aryl methyl sites for hydroxylation is 2. The Morgan fingerprint density at radius 2 is 1.94 bits per heavy atom. The summed E-state index contributed by atoms with van der Waals surface area (Å²) in [5.41, 5.74) is 2.23. The Kier molecular flexibility index (Phi) is 12.2. The molecule has 0 atom stereocenters. The van der Waals surface area contributed by atoms with Crippen LogP contribution in [0.2, 0.25) is 0 Å². The fourth-order valence-electron chi connectivity index (χ4n) is 1.36. The number of benzene rings is 1. The van der Waals surface area contributed by atoms with Gasteiger partial charge in [-0.15, -0.1) is 11.6 Å². The van der Waals surface area contributed by atoms with Crippen LogP contribution in [0.4, 0.5) is 0 Å². The first kappa shape index (κ1) is 18.1. The van der Waals surface area contributed by atoms with Gasteiger partial charge in [0, 0.05) is 12.4 Å². The van der Waals surface area contributed by atoms with Crippen LogP contribution in [0.3, 0.4) is 0 Å². The number of unbranched alkanes of at least 4 members (excludes halogenated alkanes) is 1. The SMILES string of the molecule is CCCCOCCOc1cc(C)[c-]cc1C.[Zn+][Br]. The molecule has 0 aliphatic rings. The van der Waals surface area contributed by atoms with Crippen molar-refractivity contribution in [3.05, 3.63) is 29.3 Å². The summed E-state index contributed by atoms with van der Waals surface area (Å²) < 4.78 is 11.1. The molecule has 18 heavy (non-hydrogen) atoms. The van der Waals surface area contributed by atoms with E-state index in [2.05, 4.69) is 26.6 Å². The first-order valence-corrected chi connectivity index (χ1v) is 13.1. The van der Waals surface area contributed by atoms with Crippen LogP contribution in [-0.2, 0) is 21.1 Å². The Bertz CT molecular complexity index is 319. The molecule has 0 aliphatic heterocycles. The van der Waals surface area contributed by atoms with Crippen molar-refractivity contribution in [3.8, 4) is 5.75 Å². The Hall–Kier alpha value is 0.0834. The van der Waals surface area contributed by atoms with E-state index in [-0.39, 0.29) is 0 Å². The zero-order chi connectivity index (χ0) is 13.8. The van der Waals surface area contributed by atoms with E-state index in [1.807, 2.05) is 26.0 Å². The van der Waals surface area contributed by atoms with Gasteiger partial charge in [-0.1, -0.05) is 27.2 Å². The quantitative estimate of drug-likeness (QED) is 0.410. The molecule has 0 heterocycles. The number of ether oxygens (including phenoxy) is 2. The van der Waals surface area contributed by atoms with Gasteiger partial charge >= 0.3 is 30.0 Å². The molecule has 0 N–H and O–H groups in total. The Morgan fingerprint density at radius 1 is 1.22 bits per heavy atom. The molecule has 2 nitrogen and oxygen atoms in total. The van der Waals surface area contributed by atoms with Crippen molar-refractivity contribution in [2.75, 3.05) is 19.8 Å². The zero-order valence-electron chi connectivity index (χ0n) is 11.6. The van der Waals surface area contributed by atoms with Crippen molar-refractivity contribution in [2.24, 2.45) is 0 Å². The van der Waals surface area contributed by atoms with Gasteiger partial charge in [0.25, 0.3) is 0 Å². The molecular weight excluding hydrogens is 345 g/mol. The first-order chi connectivity index (χ1) is 8.74. The van der Waals surface area contributed by atoms with E-state index in [4.69, 9.17) is 9.47 Å². The van der Waals surface area contributed by atoms with Crippen LogP contribution in [-0.4, -0.2) is 19.8 Å². The maximum atomic E-state index is 5.65. The molecule has 0 amide bonds. The topological polar surface area (TPSA) is 18.5 Å². The average Bonchev–Trinajstić information content (AvgIpc) is 2.40. The molecule has 0 bridgehead atoms. The van der Waals surface area contributed by atoms with Crippen LogP contribution in [0.15, 0.2) is 12.1 Å². The third kappa shape index (κ3) is 8.23. The molecule has 1 aromatic rings. The van der Waals surface area contributed by atoms with E-state index in [0.717, 1.165) is 29.9 Å². The van der Waals surface area contributed by atoms with Crippen molar-refractivity contribution in [2.45, 2.75) is 33.6 Å². The molecule has 1 rings (SSSR count). The maximum absolute atomic E-state index is 5.65. The van der Waals surface area contributed by atoms with E-state index in [0.29, 0.717) is 13.2 Å². The number of rotatable bonds is 7. The van der Waals surface area contributed by atoms with Crippen LogP contribution in [0, 0.1) is 19.9 Å². The average molecular weight is 367 g/mol. The van der Waals surface area contributed by atoms with Crippen molar-refractivity contribution in [1.29, 1.82) is 0 Å². The summed E-state index contributed by atoms with van der Waals surface area (Å²) in [5.74, 6) is 0.940. The van der Waals surface area contributed by atoms with Crippen LogP contribution in [0.5, 0.6) is 5.75 Å². The second-order valence-electron chi connectivity index (χ2n) is 3.98. The third-order valence-electron chi connectivity index (χ3n) is 2.38. The van der Waals surface area contributed by atoms with Gasteiger partial charge in [-0.2, -0.15) is 17.7 Å². The summed E-state index contributed by atoms with van der Waals surface area (Å²) >= 11 is 4.25.